The Morgan fingerprint density at radius 1 is 1.44 bits per heavy atom. The average Bonchev–Trinajstić information content (AvgIpc) is 2.61. The Labute approximate surface area is 98.6 Å². The van der Waals surface area contributed by atoms with E-state index in [1.54, 1.807) is 0 Å². The summed E-state index contributed by atoms with van der Waals surface area (Å²) in [6.45, 7) is 7.17. The third-order valence-electron chi connectivity index (χ3n) is 2.82. The Hall–Kier alpha value is -0.800. The van der Waals surface area contributed by atoms with E-state index in [4.69, 9.17) is 10.2 Å². The van der Waals surface area contributed by atoms with Crippen LogP contribution < -0.4 is 5.73 Å². The fraction of sp³-hybridized carbons (Fsp3) is 0.692. The molecule has 1 heterocycles. The van der Waals surface area contributed by atoms with Gasteiger partial charge >= 0.3 is 0 Å². The van der Waals surface area contributed by atoms with Gasteiger partial charge in [-0.3, -0.25) is 0 Å². The van der Waals surface area contributed by atoms with Crippen molar-refractivity contribution in [2.45, 2.75) is 26.7 Å². The van der Waals surface area contributed by atoms with Gasteiger partial charge in [-0.2, -0.15) is 0 Å². The van der Waals surface area contributed by atoms with Gasteiger partial charge in [0.1, 0.15) is 11.5 Å². The maximum absolute atomic E-state index is 5.54. The highest BCUT2D eigenvalue weighted by Crippen LogP contribution is 2.08. The van der Waals surface area contributed by atoms with Gasteiger partial charge in [0.25, 0.3) is 0 Å². The first-order valence-electron chi connectivity index (χ1n) is 6.05. The van der Waals surface area contributed by atoms with Gasteiger partial charge in [-0.05, 0) is 45.0 Å². The molecule has 0 aliphatic rings. The van der Waals surface area contributed by atoms with Crippen molar-refractivity contribution in [2.24, 2.45) is 11.7 Å². The van der Waals surface area contributed by atoms with Gasteiger partial charge in [-0.1, -0.05) is 6.92 Å². The lowest BCUT2D eigenvalue weighted by atomic mass is 10.1. The number of hydrogen-bond donors (Lipinski definition) is 1. The maximum atomic E-state index is 5.54. The van der Waals surface area contributed by atoms with Crippen molar-refractivity contribution in [3.63, 3.8) is 0 Å². The summed E-state index contributed by atoms with van der Waals surface area (Å²) in [4.78, 5) is 2.35. The quantitative estimate of drug-likeness (QED) is 0.770. The fourth-order valence-corrected chi connectivity index (χ4v) is 1.92. The third kappa shape index (κ3) is 4.81. The van der Waals surface area contributed by atoms with Gasteiger partial charge < -0.3 is 15.1 Å². The van der Waals surface area contributed by atoms with E-state index in [0.717, 1.165) is 44.0 Å². The zero-order valence-electron chi connectivity index (χ0n) is 10.7. The van der Waals surface area contributed by atoms with Crippen LogP contribution in [0.2, 0.25) is 0 Å². The molecule has 2 N–H and O–H groups in total. The fourth-order valence-electron chi connectivity index (χ4n) is 1.92. The molecule has 92 valence electrons. The summed E-state index contributed by atoms with van der Waals surface area (Å²) in [6.07, 6.45) is 2.09. The number of likely N-dealkylation sites (N-methyl/N-ethyl adjacent to an activating group) is 1. The molecule has 0 bridgehead atoms. The molecule has 0 aromatic carbocycles. The van der Waals surface area contributed by atoms with Gasteiger partial charge in [-0.15, -0.1) is 0 Å². The number of furan rings is 1. The molecule has 0 spiro atoms. The molecule has 0 aliphatic heterocycles. The van der Waals surface area contributed by atoms with Gasteiger partial charge in [0.2, 0.25) is 0 Å². The minimum absolute atomic E-state index is 0.674. The molecule has 0 fully saturated rings. The lowest BCUT2D eigenvalue weighted by Gasteiger charge is -2.20. The summed E-state index contributed by atoms with van der Waals surface area (Å²) < 4.78 is 5.54. The lowest BCUT2D eigenvalue weighted by molar-refractivity contribution is 0.276. The number of nitrogens with two attached hydrogens (primary N) is 1. The summed E-state index contributed by atoms with van der Waals surface area (Å²) in [6, 6.07) is 4.08. The van der Waals surface area contributed by atoms with Crippen LogP contribution in [0.5, 0.6) is 0 Å². The molecule has 0 radical (unpaired) electrons. The first-order chi connectivity index (χ1) is 7.61. The van der Waals surface area contributed by atoms with Crippen LogP contribution in [0.1, 0.15) is 24.9 Å². The molecule has 0 aliphatic carbocycles. The zero-order valence-corrected chi connectivity index (χ0v) is 10.7. The molecule has 1 aromatic rings. The summed E-state index contributed by atoms with van der Waals surface area (Å²) >= 11 is 0. The smallest absolute Gasteiger partial charge is 0.105 e. The second-order valence-corrected chi connectivity index (χ2v) is 4.71. The Morgan fingerprint density at radius 2 is 2.19 bits per heavy atom. The molecule has 3 nitrogen and oxygen atoms in total. The van der Waals surface area contributed by atoms with Crippen molar-refractivity contribution in [2.75, 3.05) is 26.7 Å². The molecule has 1 aromatic heterocycles. The maximum Gasteiger partial charge on any atom is 0.105 e. The number of nitrogens with zero attached hydrogens (tertiary/aromatic N) is 1. The molecule has 16 heavy (non-hydrogen) atoms. The van der Waals surface area contributed by atoms with E-state index >= 15 is 0 Å². The first-order valence-corrected chi connectivity index (χ1v) is 6.05. The molecule has 1 unspecified atom stereocenters. The topological polar surface area (TPSA) is 42.4 Å². The first kappa shape index (κ1) is 13.3. The Morgan fingerprint density at radius 3 is 2.75 bits per heavy atom. The second kappa shape index (κ2) is 6.71. The molecule has 0 saturated heterocycles. The van der Waals surface area contributed by atoms with Crippen LogP contribution in [0.4, 0.5) is 0 Å². The highest BCUT2D eigenvalue weighted by molar-refractivity contribution is 5.05. The van der Waals surface area contributed by atoms with Crippen molar-refractivity contribution >= 4 is 0 Å². The highest BCUT2D eigenvalue weighted by Gasteiger charge is 2.06. The summed E-state index contributed by atoms with van der Waals surface area (Å²) in [5.41, 5.74) is 5.54. The van der Waals surface area contributed by atoms with E-state index in [9.17, 15) is 0 Å². The number of rotatable bonds is 7. The predicted molar refractivity (Wildman–Crippen MR) is 67.5 cm³/mol. The summed E-state index contributed by atoms with van der Waals surface area (Å²) in [7, 11) is 2.16. The van der Waals surface area contributed by atoms with Crippen molar-refractivity contribution in [1.29, 1.82) is 0 Å². The third-order valence-corrected chi connectivity index (χ3v) is 2.82. The van der Waals surface area contributed by atoms with Crippen molar-refractivity contribution < 1.29 is 4.42 Å². The van der Waals surface area contributed by atoms with Crippen LogP contribution in [-0.2, 0) is 6.42 Å². The van der Waals surface area contributed by atoms with E-state index in [1.165, 1.54) is 0 Å². The molecule has 0 saturated carbocycles. The van der Waals surface area contributed by atoms with E-state index in [1.807, 2.05) is 13.0 Å². The zero-order chi connectivity index (χ0) is 12.0. The van der Waals surface area contributed by atoms with Crippen molar-refractivity contribution in [3.8, 4) is 0 Å². The Kier molecular flexibility index (Phi) is 5.56. The van der Waals surface area contributed by atoms with Gasteiger partial charge in [0.05, 0.1) is 0 Å². The van der Waals surface area contributed by atoms with Crippen LogP contribution in [-0.4, -0.2) is 31.6 Å². The van der Waals surface area contributed by atoms with Crippen LogP contribution >= 0.6 is 0 Å². The van der Waals surface area contributed by atoms with E-state index in [0.29, 0.717) is 5.92 Å². The minimum atomic E-state index is 0.674. The molecule has 3 heteroatoms. The normalized spacial score (nSPS) is 13.3. The van der Waals surface area contributed by atoms with Crippen LogP contribution in [0.15, 0.2) is 16.5 Å². The number of hydrogen-bond acceptors (Lipinski definition) is 3. The van der Waals surface area contributed by atoms with Gasteiger partial charge in [0.15, 0.2) is 0 Å². The Balaban J connectivity index is 2.22. The Bertz CT molecular complexity index is 296. The standard InChI is InChI=1S/C13H24N2O/c1-11(6-8-14)10-15(3)9-7-13-5-4-12(2)16-13/h4-5,11H,6-10,14H2,1-3H3. The van der Waals surface area contributed by atoms with Crippen molar-refractivity contribution in [3.05, 3.63) is 23.7 Å². The molecular weight excluding hydrogens is 200 g/mol. The lowest BCUT2D eigenvalue weighted by Crippen LogP contribution is -2.27. The average molecular weight is 224 g/mol. The van der Waals surface area contributed by atoms with E-state index in [-0.39, 0.29) is 0 Å². The van der Waals surface area contributed by atoms with Crippen LogP contribution in [0.3, 0.4) is 0 Å². The molecule has 1 rings (SSSR count). The second-order valence-electron chi connectivity index (χ2n) is 4.71. The largest absolute Gasteiger partial charge is 0.466 e. The van der Waals surface area contributed by atoms with Gasteiger partial charge in [0, 0.05) is 19.5 Å². The minimum Gasteiger partial charge on any atom is -0.466 e. The van der Waals surface area contributed by atoms with Crippen LogP contribution in [0, 0.1) is 12.8 Å². The molecular formula is C13H24N2O. The van der Waals surface area contributed by atoms with Gasteiger partial charge in [-0.25, -0.2) is 0 Å². The molecule has 0 amide bonds. The monoisotopic (exact) mass is 224 g/mol. The summed E-state index contributed by atoms with van der Waals surface area (Å²) in [5.74, 6) is 2.75. The summed E-state index contributed by atoms with van der Waals surface area (Å²) in [5, 5.41) is 0. The highest BCUT2D eigenvalue weighted by atomic mass is 16.3. The SMILES string of the molecule is Cc1ccc(CCN(C)CC(C)CCN)o1. The molecule has 1 atom stereocenters. The predicted octanol–water partition coefficient (Wildman–Crippen LogP) is 2.05. The van der Waals surface area contributed by atoms with E-state index < -0.39 is 0 Å². The van der Waals surface area contributed by atoms with Crippen LogP contribution in [0.25, 0.3) is 0 Å². The van der Waals surface area contributed by atoms with E-state index in [2.05, 4.69) is 24.9 Å². The number of aryl methyl sites for hydroxylation is 1. The van der Waals surface area contributed by atoms with Crippen molar-refractivity contribution in [1.82, 2.24) is 4.90 Å².